The highest BCUT2D eigenvalue weighted by Crippen LogP contribution is 2.36. The molecule has 11 nitrogen and oxygen atoms in total. The molecule has 2 aliphatic heterocycles. The lowest BCUT2D eigenvalue weighted by molar-refractivity contribution is -0.136. The molecule has 6 N–H and O–H groups in total. The molecule has 0 saturated heterocycles. The maximum Gasteiger partial charge on any atom is 0.303 e. The molecule has 2 aliphatic rings. The Morgan fingerprint density at radius 2 is 1.17 bits per heavy atom. The number of carbonyl (C=O) groups is 4. The SMILES string of the molecule is CCC(=O)NC1CCOc2c(C(=O)Nc3ccc(F)c(F)c3)cccc21.CCC(=O)O.Cl.NC1CCOc2c(C(=O)Nc3ccc(F)c(F)c3)cccc21. The van der Waals surface area contributed by atoms with Crippen LogP contribution >= 0.6 is 12.4 Å². The number of carboxylic acids is 1. The molecule has 54 heavy (non-hydrogen) atoms. The van der Waals surface area contributed by atoms with Crippen molar-refractivity contribution >= 4 is 47.5 Å². The van der Waals surface area contributed by atoms with Gasteiger partial charge in [-0.15, -0.1) is 12.4 Å². The third kappa shape index (κ3) is 11.2. The van der Waals surface area contributed by atoms with E-state index in [9.17, 15) is 36.7 Å². The van der Waals surface area contributed by atoms with E-state index in [0.29, 0.717) is 49.5 Å². The molecule has 0 aromatic heterocycles. The van der Waals surface area contributed by atoms with Gasteiger partial charge in [-0.2, -0.15) is 0 Å². The van der Waals surface area contributed by atoms with Crippen molar-refractivity contribution in [3.8, 4) is 11.5 Å². The predicted molar refractivity (Wildman–Crippen MR) is 195 cm³/mol. The molecule has 288 valence electrons. The number of hydrogen-bond acceptors (Lipinski definition) is 7. The summed E-state index contributed by atoms with van der Waals surface area (Å²) < 4.78 is 63.6. The summed E-state index contributed by atoms with van der Waals surface area (Å²) >= 11 is 0. The molecule has 6 rings (SSSR count). The fourth-order valence-electron chi connectivity index (χ4n) is 5.22. The van der Waals surface area contributed by atoms with E-state index in [1.54, 1.807) is 44.2 Å². The fraction of sp³-hybridized carbons (Fsp3) is 0.263. The predicted octanol–water partition coefficient (Wildman–Crippen LogP) is 7.47. The number of fused-ring (bicyclic) bond motifs is 2. The zero-order valence-electron chi connectivity index (χ0n) is 29.2. The van der Waals surface area contributed by atoms with Crippen LogP contribution in [0, 0.1) is 23.3 Å². The summed E-state index contributed by atoms with van der Waals surface area (Å²) in [7, 11) is 0. The Morgan fingerprint density at radius 1 is 0.704 bits per heavy atom. The van der Waals surface area contributed by atoms with E-state index >= 15 is 0 Å². The zero-order chi connectivity index (χ0) is 38.7. The highest BCUT2D eigenvalue weighted by atomic mass is 35.5. The van der Waals surface area contributed by atoms with Crippen LogP contribution in [0.4, 0.5) is 28.9 Å². The van der Waals surface area contributed by atoms with Crippen LogP contribution in [0.15, 0.2) is 72.8 Å². The van der Waals surface area contributed by atoms with Gasteiger partial charge < -0.3 is 36.3 Å². The van der Waals surface area contributed by atoms with Gasteiger partial charge in [0.1, 0.15) is 11.5 Å². The molecule has 0 fully saturated rings. The number of ether oxygens (including phenoxy) is 2. The van der Waals surface area contributed by atoms with Crippen LogP contribution in [0.3, 0.4) is 0 Å². The smallest absolute Gasteiger partial charge is 0.303 e. The van der Waals surface area contributed by atoms with Crippen molar-refractivity contribution in [1.82, 2.24) is 5.32 Å². The third-order valence-electron chi connectivity index (χ3n) is 8.00. The van der Waals surface area contributed by atoms with Crippen LogP contribution in [-0.2, 0) is 9.59 Å². The van der Waals surface area contributed by atoms with Crippen LogP contribution in [-0.4, -0.2) is 42.0 Å². The van der Waals surface area contributed by atoms with Gasteiger partial charge in [-0.05, 0) is 36.4 Å². The van der Waals surface area contributed by atoms with Crippen molar-refractivity contribution in [2.75, 3.05) is 23.8 Å². The molecule has 2 heterocycles. The number of carbonyl (C=O) groups excluding carboxylic acids is 3. The lowest BCUT2D eigenvalue weighted by Gasteiger charge is -2.28. The van der Waals surface area contributed by atoms with Crippen LogP contribution < -0.4 is 31.2 Å². The molecule has 2 atom stereocenters. The Labute approximate surface area is 314 Å². The average Bonchev–Trinajstić information content (AvgIpc) is 3.15. The summed E-state index contributed by atoms with van der Waals surface area (Å²) in [5, 5.41) is 15.7. The van der Waals surface area contributed by atoms with Gasteiger partial charge in [0.2, 0.25) is 5.91 Å². The second-order valence-corrected chi connectivity index (χ2v) is 11.7. The highest BCUT2D eigenvalue weighted by Gasteiger charge is 2.27. The first kappa shape index (κ1) is 42.7. The topological polar surface area (TPSA) is 169 Å². The molecule has 4 aromatic rings. The summed E-state index contributed by atoms with van der Waals surface area (Å²) in [4.78, 5) is 46.0. The number of aliphatic carboxylic acids is 1. The van der Waals surface area contributed by atoms with Gasteiger partial charge in [0.05, 0.1) is 30.4 Å². The second kappa shape index (κ2) is 20.0. The van der Waals surface area contributed by atoms with Crippen molar-refractivity contribution in [2.45, 2.75) is 51.6 Å². The van der Waals surface area contributed by atoms with Gasteiger partial charge >= 0.3 is 5.97 Å². The molecule has 4 aromatic carbocycles. The van der Waals surface area contributed by atoms with E-state index in [0.717, 1.165) is 35.4 Å². The number of anilines is 2. The molecule has 0 aliphatic carbocycles. The Kier molecular flexibility index (Phi) is 15.8. The summed E-state index contributed by atoms with van der Waals surface area (Å²) in [6, 6.07) is 16.1. The van der Waals surface area contributed by atoms with E-state index in [-0.39, 0.29) is 53.8 Å². The van der Waals surface area contributed by atoms with E-state index in [2.05, 4.69) is 16.0 Å². The lowest BCUT2D eigenvalue weighted by Crippen LogP contribution is -2.32. The average molecular weight is 775 g/mol. The second-order valence-electron chi connectivity index (χ2n) is 11.7. The summed E-state index contributed by atoms with van der Waals surface area (Å²) in [5.41, 5.74) is 8.38. The Hall–Kier alpha value is -5.67. The largest absolute Gasteiger partial charge is 0.492 e. The van der Waals surface area contributed by atoms with E-state index in [1.807, 2.05) is 6.07 Å². The Morgan fingerprint density at radius 3 is 1.63 bits per heavy atom. The molecule has 3 amide bonds. The minimum absolute atomic E-state index is 0. The maximum absolute atomic E-state index is 13.3. The minimum Gasteiger partial charge on any atom is -0.492 e. The molecule has 0 bridgehead atoms. The van der Waals surface area contributed by atoms with E-state index in [4.69, 9.17) is 20.3 Å². The van der Waals surface area contributed by atoms with Crippen LogP contribution in [0.25, 0.3) is 0 Å². The highest BCUT2D eigenvalue weighted by molar-refractivity contribution is 6.07. The molecule has 16 heteroatoms. The standard InChI is InChI=1S/C19H18F2N2O3.C16H14F2N2O2.C3H6O2.ClH/c1-2-17(24)23-16-8-9-26-18-12(16)4-3-5-13(18)19(25)22-11-6-7-14(20)15(21)10-11;17-12-5-4-9(8-13(12)18)20-16(21)11-3-1-2-10-14(19)6-7-22-15(10)11;1-2-3(4)5;/h3-7,10,16H,2,8-9H2,1H3,(H,22,25)(H,23,24);1-5,8,14H,6-7,19H2,(H,20,21);2H2,1H3,(H,4,5);1H. The van der Waals surface area contributed by atoms with Gasteiger partial charge in [-0.25, -0.2) is 17.6 Å². The van der Waals surface area contributed by atoms with E-state index in [1.165, 1.54) is 12.1 Å². The first-order valence-electron chi connectivity index (χ1n) is 16.6. The van der Waals surface area contributed by atoms with Gasteiger partial charge in [0.25, 0.3) is 11.8 Å². The first-order valence-corrected chi connectivity index (χ1v) is 16.6. The number of halogens is 5. The van der Waals surface area contributed by atoms with Crippen molar-refractivity contribution in [1.29, 1.82) is 0 Å². The number of nitrogens with one attached hydrogen (secondary N) is 3. The maximum atomic E-state index is 13.3. The van der Waals surface area contributed by atoms with Crippen LogP contribution in [0.5, 0.6) is 11.5 Å². The number of amides is 3. The Bertz CT molecular complexity index is 1980. The molecule has 2 unspecified atom stereocenters. The van der Waals surface area contributed by atoms with Gasteiger partial charge in [-0.1, -0.05) is 38.1 Å². The normalized spacial score (nSPS) is 14.9. The van der Waals surface area contributed by atoms with Crippen molar-refractivity contribution in [2.24, 2.45) is 5.73 Å². The number of carboxylic acid groups (broad SMARTS) is 1. The number of nitrogens with two attached hydrogens (primary N) is 1. The zero-order valence-corrected chi connectivity index (χ0v) is 30.0. The number of para-hydroxylation sites is 2. The summed E-state index contributed by atoms with van der Waals surface area (Å²) in [6.45, 7) is 4.16. The van der Waals surface area contributed by atoms with Crippen molar-refractivity contribution < 1.29 is 51.3 Å². The van der Waals surface area contributed by atoms with Gasteiger partial charge in [-0.3, -0.25) is 19.2 Å². The molecule has 0 spiro atoms. The van der Waals surface area contributed by atoms with Crippen LogP contribution in [0.2, 0.25) is 0 Å². The quantitative estimate of drug-likeness (QED) is 0.121. The van der Waals surface area contributed by atoms with Crippen molar-refractivity contribution in [3.63, 3.8) is 0 Å². The molecule has 0 saturated carbocycles. The monoisotopic (exact) mass is 774 g/mol. The lowest BCUT2D eigenvalue weighted by atomic mass is 9.97. The number of hydrogen-bond donors (Lipinski definition) is 5. The van der Waals surface area contributed by atoms with Gasteiger partial charge in [0.15, 0.2) is 23.3 Å². The third-order valence-corrected chi connectivity index (χ3v) is 8.00. The summed E-state index contributed by atoms with van der Waals surface area (Å²) in [5.74, 6) is -4.98. The van der Waals surface area contributed by atoms with E-state index < -0.39 is 41.1 Å². The fourth-order valence-corrected chi connectivity index (χ4v) is 5.22. The molecule has 0 radical (unpaired) electrons. The van der Waals surface area contributed by atoms with Gasteiger partial charge in [0, 0.05) is 66.4 Å². The van der Waals surface area contributed by atoms with Crippen molar-refractivity contribution in [3.05, 3.63) is 118 Å². The Balaban J connectivity index is 0.000000256. The first-order chi connectivity index (χ1) is 25.3. The number of rotatable bonds is 7. The number of benzene rings is 4. The van der Waals surface area contributed by atoms with Crippen LogP contribution in [0.1, 0.15) is 83.5 Å². The minimum atomic E-state index is -1.04. The molecular weight excluding hydrogens is 736 g/mol. The summed E-state index contributed by atoms with van der Waals surface area (Å²) in [6.07, 6.45) is 1.87. The molecular formula is C38H39ClF4N4O7.